The zero-order valence-electron chi connectivity index (χ0n) is 20.2. The minimum absolute atomic E-state index is 0.227. The van der Waals surface area contributed by atoms with E-state index in [0.29, 0.717) is 18.5 Å². The molecule has 0 fully saturated rings. The minimum Gasteiger partial charge on any atom is -0.497 e. The fourth-order valence-electron chi connectivity index (χ4n) is 4.05. The second-order valence-corrected chi connectivity index (χ2v) is 8.38. The van der Waals surface area contributed by atoms with Crippen LogP contribution in [-0.4, -0.2) is 41.5 Å². The van der Waals surface area contributed by atoms with Crippen LogP contribution >= 0.6 is 0 Å². The molecule has 0 radical (unpaired) electrons. The summed E-state index contributed by atoms with van der Waals surface area (Å²) in [6.07, 6.45) is 2.25. The van der Waals surface area contributed by atoms with E-state index in [1.165, 1.54) is 5.01 Å². The molecule has 1 atom stereocenters. The van der Waals surface area contributed by atoms with Gasteiger partial charge in [-0.2, -0.15) is 0 Å². The van der Waals surface area contributed by atoms with Gasteiger partial charge in [0.25, 0.3) is 11.8 Å². The number of hydrogen-bond donors (Lipinski definition) is 3. The molecule has 0 aliphatic heterocycles. The van der Waals surface area contributed by atoms with Crippen LogP contribution in [0.5, 0.6) is 5.75 Å². The number of nitrogens with zero attached hydrogens (tertiary/aromatic N) is 1. The number of fused-ring (bicyclic) bond motifs is 1. The number of para-hydroxylation sites is 1. The van der Waals surface area contributed by atoms with Crippen molar-refractivity contribution in [1.29, 1.82) is 0 Å². The predicted molar refractivity (Wildman–Crippen MR) is 138 cm³/mol. The topological polar surface area (TPSA) is 86.5 Å². The average Bonchev–Trinajstić information content (AvgIpc) is 3.29. The van der Waals surface area contributed by atoms with E-state index in [2.05, 4.69) is 15.7 Å². The van der Waals surface area contributed by atoms with Crippen molar-refractivity contribution in [2.45, 2.75) is 26.3 Å². The number of carbonyl (C=O) groups excluding carboxylic acids is 2. The molecule has 0 saturated heterocycles. The molecule has 7 heteroatoms. The van der Waals surface area contributed by atoms with E-state index in [4.69, 9.17) is 4.74 Å². The number of likely N-dealkylation sites (N-methyl/N-ethyl adjacent to an activating group) is 1. The molecule has 3 aromatic carbocycles. The van der Waals surface area contributed by atoms with Gasteiger partial charge in [0.05, 0.1) is 12.8 Å². The largest absolute Gasteiger partial charge is 0.497 e. The van der Waals surface area contributed by atoms with Gasteiger partial charge in [0.1, 0.15) is 11.8 Å². The van der Waals surface area contributed by atoms with Crippen LogP contribution in [0, 0.1) is 6.92 Å². The zero-order valence-corrected chi connectivity index (χ0v) is 20.2. The Hall–Kier alpha value is -4.26. The van der Waals surface area contributed by atoms with Crippen molar-refractivity contribution in [1.82, 2.24) is 15.3 Å². The van der Waals surface area contributed by atoms with Gasteiger partial charge in [0.2, 0.25) is 0 Å². The number of aryl methyl sites for hydroxylation is 1. The molecular formula is C28H30N4O3. The number of anilines is 1. The molecule has 180 valence electrons. The molecule has 0 aliphatic rings. The normalized spacial score (nSPS) is 11.6. The number of amides is 2. The van der Waals surface area contributed by atoms with Crippen molar-refractivity contribution in [2.75, 3.05) is 19.1 Å². The van der Waals surface area contributed by atoms with E-state index in [9.17, 15) is 9.59 Å². The van der Waals surface area contributed by atoms with Gasteiger partial charge in [-0.25, -0.2) is 0 Å². The molecule has 2 amide bonds. The monoisotopic (exact) mass is 470 g/mol. The maximum atomic E-state index is 13.7. The predicted octanol–water partition coefficient (Wildman–Crippen LogP) is 4.70. The van der Waals surface area contributed by atoms with Crippen molar-refractivity contribution in [2.24, 2.45) is 0 Å². The van der Waals surface area contributed by atoms with Gasteiger partial charge in [-0.05, 0) is 61.9 Å². The van der Waals surface area contributed by atoms with Gasteiger partial charge in [0.15, 0.2) is 0 Å². The van der Waals surface area contributed by atoms with E-state index in [1.807, 2.05) is 86.8 Å². The number of carbonyl (C=O) groups is 2. The molecule has 0 aliphatic carbocycles. The molecule has 35 heavy (non-hydrogen) atoms. The Kier molecular flexibility index (Phi) is 7.35. The molecule has 0 bridgehead atoms. The van der Waals surface area contributed by atoms with E-state index in [1.54, 1.807) is 13.2 Å². The first-order valence-corrected chi connectivity index (χ1v) is 11.6. The van der Waals surface area contributed by atoms with Crippen LogP contribution in [0.2, 0.25) is 0 Å². The van der Waals surface area contributed by atoms with Gasteiger partial charge < -0.3 is 15.0 Å². The van der Waals surface area contributed by atoms with E-state index >= 15 is 0 Å². The van der Waals surface area contributed by atoms with Crippen molar-refractivity contribution in [3.05, 3.63) is 95.7 Å². The number of nitrogens with one attached hydrogen (secondary N) is 3. The Bertz CT molecular complexity index is 1310. The molecule has 1 unspecified atom stereocenters. The zero-order chi connectivity index (χ0) is 24.8. The van der Waals surface area contributed by atoms with Crippen molar-refractivity contribution < 1.29 is 14.3 Å². The smallest absolute Gasteiger partial charge is 0.263 e. The third-order valence-corrected chi connectivity index (χ3v) is 5.92. The number of ether oxygens (including phenoxy) is 1. The Balaban J connectivity index is 1.60. The first-order chi connectivity index (χ1) is 17.0. The lowest BCUT2D eigenvalue weighted by molar-refractivity contribution is -0.131. The molecule has 1 heterocycles. The number of aromatic nitrogens is 1. The van der Waals surface area contributed by atoms with E-state index in [0.717, 1.165) is 33.5 Å². The summed E-state index contributed by atoms with van der Waals surface area (Å²) in [6, 6.07) is 21.8. The number of H-pyrrole nitrogens is 1. The maximum Gasteiger partial charge on any atom is 0.263 e. The van der Waals surface area contributed by atoms with Gasteiger partial charge in [-0.15, -0.1) is 0 Å². The lowest BCUT2D eigenvalue weighted by Crippen LogP contribution is -2.51. The van der Waals surface area contributed by atoms with Gasteiger partial charge in [-0.1, -0.05) is 35.9 Å². The van der Waals surface area contributed by atoms with Crippen LogP contribution in [0.4, 0.5) is 5.69 Å². The van der Waals surface area contributed by atoms with E-state index < -0.39 is 6.04 Å². The summed E-state index contributed by atoms with van der Waals surface area (Å²) in [7, 11) is 1.61. The lowest BCUT2D eigenvalue weighted by atomic mass is 10.0. The number of hydrogen-bond acceptors (Lipinski definition) is 4. The quantitative estimate of drug-likeness (QED) is 0.310. The molecule has 4 rings (SSSR count). The highest BCUT2D eigenvalue weighted by atomic mass is 16.5. The first kappa shape index (κ1) is 23.9. The Morgan fingerprint density at radius 1 is 1.03 bits per heavy atom. The highest BCUT2D eigenvalue weighted by Gasteiger charge is 2.27. The summed E-state index contributed by atoms with van der Waals surface area (Å²) in [5.41, 5.74) is 7.37. The fourth-order valence-corrected chi connectivity index (χ4v) is 4.05. The molecule has 0 spiro atoms. The Morgan fingerprint density at radius 2 is 1.80 bits per heavy atom. The van der Waals surface area contributed by atoms with Gasteiger partial charge >= 0.3 is 0 Å². The van der Waals surface area contributed by atoms with Crippen molar-refractivity contribution >= 4 is 28.4 Å². The fraction of sp³-hybridized carbons (Fsp3) is 0.214. The van der Waals surface area contributed by atoms with Crippen LogP contribution in [-0.2, 0) is 11.2 Å². The second-order valence-electron chi connectivity index (χ2n) is 8.38. The molecular weight excluding hydrogens is 440 g/mol. The van der Waals surface area contributed by atoms with Crippen LogP contribution in [0.1, 0.15) is 28.4 Å². The SMILES string of the molecule is CCN(Nc1ccc(OC)cc1)C(=O)C(Cc1c[nH]c2ccccc12)NC(=O)c1cccc(C)c1. The summed E-state index contributed by atoms with van der Waals surface area (Å²) in [5.74, 6) is 0.217. The lowest BCUT2D eigenvalue weighted by Gasteiger charge is -2.28. The summed E-state index contributed by atoms with van der Waals surface area (Å²) in [6.45, 7) is 4.23. The molecule has 7 nitrogen and oxygen atoms in total. The molecule has 0 saturated carbocycles. The van der Waals surface area contributed by atoms with Crippen LogP contribution < -0.4 is 15.5 Å². The average molecular weight is 471 g/mol. The van der Waals surface area contributed by atoms with Crippen LogP contribution in [0.15, 0.2) is 79.0 Å². The summed E-state index contributed by atoms with van der Waals surface area (Å²) in [5, 5.41) is 5.53. The van der Waals surface area contributed by atoms with Crippen LogP contribution in [0.25, 0.3) is 10.9 Å². The third kappa shape index (κ3) is 5.63. The standard InChI is InChI=1S/C28H30N4O3/c1-4-32(31-22-12-14-23(35-3)15-13-22)28(34)26(30-27(33)20-9-7-8-19(2)16-20)17-21-18-29-25-11-6-5-10-24(21)25/h5-16,18,26,29,31H,4,17H2,1-3H3,(H,30,33). The van der Waals surface area contributed by atoms with Crippen molar-refractivity contribution in [3.63, 3.8) is 0 Å². The van der Waals surface area contributed by atoms with Gasteiger partial charge in [0, 0.05) is 35.6 Å². The highest BCUT2D eigenvalue weighted by molar-refractivity contribution is 5.98. The maximum absolute atomic E-state index is 13.7. The van der Waals surface area contributed by atoms with Crippen LogP contribution in [0.3, 0.4) is 0 Å². The first-order valence-electron chi connectivity index (χ1n) is 11.6. The second kappa shape index (κ2) is 10.8. The number of hydrazine groups is 1. The van der Waals surface area contributed by atoms with Gasteiger partial charge in [-0.3, -0.25) is 20.0 Å². The molecule has 1 aromatic heterocycles. The van der Waals surface area contributed by atoms with Crippen molar-refractivity contribution in [3.8, 4) is 5.75 Å². The number of benzene rings is 3. The summed E-state index contributed by atoms with van der Waals surface area (Å²) >= 11 is 0. The highest BCUT2D eigenvalue weighted by Crippen LogP contribution is 2.21. The Morgan fingerprint density at radius 3 is 2.51 bits per heavy atom. The van der Waals surface area contributed by atoms with E-state index in [-0.39, 0.29) is 11.8 Å². The Labute approximate surface area is 205 Å². The number of rotatable bonds is 9. The minimum atomic E-state index is -0.770. The molecule has 3 N–H and O–H groups in total. The summed E-state index contributed by atoms with van der Waals surface area (Å²) in [4.78, 5) is 30.1. The number of aromatic amines is 1. The number of methoxy groups -OCH3 is 1. The third-order valence-electron chi connectivity index (χ3n) is 5.92. The molecule has 4 aromatic rings. The summed E-state index contributed by atoms with van der Waals surface area (Å²) < 4.78 is 5.22.